The third-order valence-corrected chi connectivity index (χ3v) is 5.42. The van der Waals surface area contributed by atoms with E-state index in [4.69, 9.17) is 0 Å². The molecule has 0 spiro atoms. The van der Waals surface area contributed by atoms with Crippen molar-refractivity contribution < 1.29 is 4.79 Å². The number of aromatic nitrogens is 3. The van der Waals surface area contributed by atoms with Gasteiger partial charge in [0.05, 0.1) is 6.54 Å². The topological polar surface area (TPSA) is 69.5 Å². The van der Waals surface area contributed by atoms with Crippen LogP contribution >= 0.6 is 0 Å². The zero-order valence-corrected chi connectivity index (χ0v) is 15.3. The second kappa shape index (κ2) is 9.15. The van der Waals surface area contributed by atoms with Crippen molar-refractivity contribution in [1.29, 1.82) is 0 Å². The average Bonchev–Trinajstić information content (AvgIpc) is 3.18. The van der Waals surface area contributed by atoms with Gasteiger partial charge < -0.3 is 10.2 Å². The molecule has 0 aliphatic carbocycles. The minimum absolute atomic E-state index is 0.0950. The highest BCUT2D eigenvalue weighted by molar-refractivity contribution is 5.74. The normalized spacial score (nSPS) is 22.9. The first kappa shape index (κ1) is 18.1. The van der Waals surface area contributed by atoms with Crippen LogP contribution in [-0.4, -0.2) is 93.9 Å². The number of piperidine rings is 1. The van der Waals surface area contributed by atoms with E-state index < -0.39 is 0 Å². The third kappa shape index (κ3) is 5.15. The molecule has 1 aromatic rings. The Morgan fingerprint density at radius 3 is 2.72 bits per heavy atom. The van der Waals surface area contributed by atoms with Gasteiger partial charge in [-0.15, -0.1) is 0 Å². The van der Waals surface area contributed by atoms with E-state index in [0.717, 1.165) is 52.4 Å². The molecule has 1 N–H and O–H groups in total. The van der Waals surface area contributed by atoms with Gasteiger partial charge in [0, 0.05) is 45.3 Å². The van der Waals surface area contributed by atoms with Crippen LogP contribution in [0.2, 0.25) is 0 Å². The summed E-state index contributed by atoms with van der Waals surface area (Å²) >= 11 is 0. The Bertz CT molecular complexity index is 513. The summed E-state index contributed by atoms with van der Waals surface area (Å²) in [5.74, 6) is 0. The molecule has 8 heteroatoms. The summed E-state index contributed by atoms with van der Waals surface area (Å²) in [6, 6.07) is 0.601. The molecule has 25 heavy (non-hydrogen) atoms. The number of likely N-dealkylation sites (tertiary alicyclic amines) is 1. The van der Waals surface area contributed by atoms with Gasteiger partial charge >= 0.3 is 6.03 Å². The lowest BCUT2D eigenvalue weighted by Gasteiger charge is -2.37. The van der Waals surface area contributed by atoms with Crippen LogP contribution in [0.3, 0.4) is 0 Å². The highest BCUT2D eigenvalue weighted by Crippen LogP contribution is 2.15. The Morgan fingerprint density at radius 1 is 1.16 bits per heavy atom. The van der Waals surface area contributed by atoms with Crippen LogP contribution in [0.5, 0.6) is 0 Å². The SMILES string of the molecule is CCN1CCCC[C@H]1CNC(=O)N1CCN(CCn2cncn2)CC1. The van der Waals surface area contributed by atoms with Crippen LogP contribution in [0.1, 0.15) is 26.2 Å². The zero-order chi connectivity index (χ0) is 17.5. The molecule has 2 fully saturated rings. The maximum Gasteiger partial charge on any atom is 0.317 e. The molecule has 0 unspecified atom stereocenters. The van der Waals surface area contributed by atoms with Gasteiger partial charge in [-0.2, -0.15) is 5.10 Å². The van der Waals surface area contributed by atoms with Gasteiger partial charge in [0.15, 0.2) is 0 Å². The predicted octanol–water partition coefficient (Wildman–Crippen LogP) is 0.480. The molecule has 0 saturated carbocycles. The van der Waals surface area contributed by atoms with Crippen LogP contribution in [0, 0.1) is 0 Å². The number of nitrogens with zero attached hydrogens (tertiary/aromatic N) is 6. The van der Waals surface area contributed by atoms with Crippen molar-refractivity contribution >= 4 is 6.03 Å². The van der Waals surface area contributed by atoms with E-state index in [0.29, 0.717) is 6.04 Å². The van der Waals surface area contributed by atoms with Gasteiger partial charge in [-0.1, -0.05) is 13.3 Å². The maximum atomic E-state index is 12.4. The molecule has 2 saturated heterocycles. The molecule has 2 amide bonds. The Hall–Kier alpha value is -1.67. The van der Waals surface area contributed by atoms with E-state index in [9.17, 15) is 4.79 Å². The summed E-state index contributed by atoms with van der Waals surface area (Å²) in [6.07, 6.45) is 7.07. The lowest BCUT2D eigenvalue weighted by molar-refractivity contribution is 0.126. The molecule has 8 nitrogen and oxygen atoms in total. The average molecular weight is 349 g/mol. The largest absolute Gasteiger partial charge is 0.336 e. The number of hydrogen-bond acceptors (Lipinski definition) is 5. The Labute approximate surface area is 150 Å². The molecule has 1 aromatic heterocycles. The van der Waals surface area contributed by atoms with Crippen LogP contribution in [0.4, 0.5) is 4.79 Å². The quantitative estimate of drug-likeness (QED) is 0.809. The lowest BCUT2D eigenvalue weighted by Crippen LogP contribution is -2.54. The Balaban J connectivity index is 1.35. The number of carbonyl (C=O) groups excluding carboxylic acids is 1. The number of carbonyl (C=O) groups is 1. The van der Waals surface area contributed by atoms with Crippen molar-refractivity contribution in [2.45, 2.75) is 38.8 Å². The predicted molar refractivity (Wildman–Crippen MR) is 96.3 cm³/mol. The lowest BCUT2D eigenvalue weighted by atomic mass is 10.0. The first-order chi connectivity index (χ1) is 12.3. The van der Waals surface area contributed by atoms with E-state index in [-0.39, 0.29) is 6.03 Å². The van der Waals surface area contributed by atoms with Crippen molar-refractivity contribution in [2.75, 3.05) is 52.4 Å². The number of likely N-dealkylation sites (N-methyl/N-ethyl adjacent to an activating group) is 1. The fourth-order valence-corrected chi connectivity index (χ4v) is 3.79. The van der Waals surface area contributed by atoms with E-state index in [2.05, 4.69) is 32.1 Å². The van der Waals surface area contributed by atoms with Gasteiger partial charge in [0.2, 0.25) is 0 Å². The smallest absolute Gasteiger partial charge is 0.317 e. The van der Waals surface area contributed by atoms with Crippen molar-refractivity contribution in [3.63, 3.8) is 0 Å². The molecule has 3 heterocycles. The first-order valence-electron chi connectivity index (χ1n) is 9.58. The van der Waals surface area contributed by atoms with E-state index in [1.54, 1.807) is 12.7 Å². The summed E-state index contributed by atoms with van der Waals surface area (Å²) < 4.78 is 1.85. The second-order valence-corrected chi connectivity index (χ2v) is 6.95. The van der Waals surface area contributed by atoms with Crippen molar-refractivity contribution in [2.24, 2.45) is 0 Å². The molecule has 2 aliphatic rings. The third-order valence-electron chi connectivity index (χ3n) is 5.42. The monoisotopic (exact) mass is 349 g/mol. The van der Waals surface area contributed by atoms with E-state index in [1.165, 1.54) is 25.8 Å². The summed E-state index contributed by atoms with van der Waals surface area (Å²) in [4.78, 5) is 23.2. The summed E-state index contributed by atoms with van der Waals surface area (Å²) in [6.45, 7) is 10.5. The molecule has 3 rings (SSSR count). The van der Waals surface area contributed by atoms with E-state index >= 15 is 0 Å². The number of amides is 2. The van der Waals surface area contributed by atoms with Gasteiger partial charge in [0.1, 0.15) is 12.7 Å². The van der Waals surface area contributed by atoms with Gasteiger partial charge in [-0.05, 0) is 25.9 Å². The molecule has 140 valence electrons. The number of piperazine rings is 1. The first-order valence-corrected chi connectivity index (χ1v) is 9.58. The van der Waals surface area contributed by atoms with Gasteiger partial charge in [-0.25, -0.2) is 9.78 Å². The molecule has 1 atom stereocenters. The molecule has 2 aliphatic heterocycles. The van der Waals surface area contributed by atoms with Crippen molar-refractivity contribution in [3.05, 3.63) is 12.7 Å². The van der Waals surface area contributed by atoms with Crippen molar-refractivity contribution in [1.82, 2.24) is 34.8 Å². The molecule has 0 radical (unpaired) electrons. The van der Waals surface area contributed by atoms with Crippen LogP contribution in [0.25, 0.3) is 0 Å². The fourth-order valence-electron chi connectivity index (χ4n) is 3.79. The second-order valence-electron chi connectivity index (χ2n) is 6.95. The molecule has 0 aromatic carbocycles. The summed E-state index contributed by atoms with van der Waals surface area (Å²) in [7, 11) is 0. The number of nitrogens with one attached hydrogen (secondary N) is 1. The molecule has 0 bridgehead atoms. The standard InChI is InChI=1S/C17H31N7O/c1-2-22-6-4-3-5-16(22)13-19-17(25)23-10-7-21(8-11-23)9-12-24-15-18-14-20-24/h14-16H,2-13H2,1H3,(H,19,25)/t16-/m0/s1. The Morgan fingerprint density at radius 2 is 2.00 bits per heavy atom. The Kier molecular flexibility index (Phi) is 6.63. The van der Waals surface area contributed by atoms with E-state index in [1.807, 2.05) is 9.58 Å². The number of urea groups is 1. The highest BCUT2D eigenvalue weighted by Gasteiger charge is 2.24. The maximum absolute atomic E-state index is 12.4. The number of hydrogen-bond donors (Lipinski definition) is 1. The van der Waals surface area contributed by atoms with Crippen LogP contribution in [-0.2, 0) is 6.54 Å². The van der Waals surface area contributed by atoms with Crippen LogP contribution in [0.15, 0.2) is 12.7 Å². The summed E-state index contributed by atoms with van der Waals surface area (Å²) in [5.41, 5.74) is 0. The highest BCUT2D eigenvalue weighted by atomic mass is 16.2. The molecular weight excluding hydrogens is 318 g/mol. The number of rotatable bonds is 6. The van der Waals surface area contributed by atoms with Gasteiger partial charge in [0.25, 0.3) is 0 Å². The van der Waals surface area contributed by atoms with Crippen LogP contribution < -0.4 is 5.32 Å². The minimum Gasteiger partial charge on any atom is -0.336 e. The van der Waals surface area contributed by atoms with Crippen molar-refractivity contribution in [3.8, 4) is 0 Å². The van der Waals surface area contributed by atoms with Gasteiger partial charge in [-0.3, -0.25) is 14.5 Å². The fraction of sp³-hybridized carbons (Fsp3) is 0.824. The summed E-state index contributed by atoms with van der Waals surface area (Å²) in [5, 5.41) is 7.29. The molecular formula is C17H31N7O. The zero-order valence-electron chi connectivity index (χ0n) is 15.3. The minimum atomic E-state index is 0.0950.